The minimum Gasteiger partial charge on any atom is -0.493 e. The third-order valence-corrected chi connectivity index (χ3v) is 8.38. The van der Waals surface area contributed by atoms with Gasteiger partial charge in [-0.05, 0) is 86.3 Å². The minimum atomic E-state index is -3.79. The Hall–Kier alpha value is -1.87. The highest BCUT2D eigenvalue weighted by Crippen LogP contribution is 2.47. The number of ether oxygens (including phenoxy) is 1. The van der Waals surface area contributed by atoms with Crippen molar-refractivity contribution >= 4 is 39.1 Å². The van der Waals surface area contributed by atoms with Crippen molar-refractivity contribution in [3.8, 4) is 5.75 Å². The molecule has 1 aliphatic carbocycles. The van der Waals surface area contributed by atoms with Gasteiger partial charge in [-0.3, -0.25) is 9.69 Å². The molecule has 10 heteroatoms. The number of benzene rings is 2. The van der Waals surface area contributed by atoms with E-state index < -0.39 is 21.7 Å². The van der Waals surface area contributed by atoms with Crippen LogP contribution in [0.5, 0.6) is 5.75 Å². The molecule has 2 saturated heterocycles. The van der Waals surface area contributed by atoms with E-state index in [-0.39, 0.29) is 11.5 Å². The number of nitrogens with zero attached hydrogens (tertiary/aromatic N) is 1. The quantitative estimate of drug-likeness (QED) is 0.464. The Kier molecular flexibility index (Phi) is 7.24. The molecule has 2 aromatic rings. The Morgan fingerprint density at radius 3 is 2.31 bits per heavy atom. The Morgan fingerprint density at radius 1 is 1.08 bits per heavy atom. The molecule has 36 heavy (non-hydrogen) atoms. The number of piperidine rings is 1. The second kappa shape index (κ2) is 10.1. The number of carbonyl (C=O) groups excluding carboxylic acids is 1. The summed E-state index contributed by atoms with van der Waals surface area (Å²) in [5.74, 6) is -0.854. The number of rotatable bonds is 8. The lowest BCUT2D eigenvalue weighted by Crippen LogP contribution is -2.43. The molecule has 2 heterocycles. The van der Waals surface area contributed by atoms with Gasteiger partial charge >= 0.3 is 0 Å². The molecule has 2 atom stereocenters. The number of carbonyl (C=O) groups is 1. The summed E-state index contributed by atoms with van der Waals surface area (Å²) in [5, 5.41) is 1.29. The Labute approximate surface area is 221 Å². The number of amides is 1. The first-order valence-electron chi connectivity index (χ1n) is 12.3. The van der Waals surface area contributed by atoms with E-state index in [1.807, 2.05) is 16.9 Å². The molecule has 1 saturated carbocycles. The minimum absolute atomic E-state index is 0.00599. The standard InChI is InChI=1S/C26H29Cl2FN2O4S/c1-36(33,34)30-26(32)22-6-7-23(24(25(22)29)17-2-3-17)35-14-16-10-20-4-5-21(11-16)31(20)13-15-8-18(27)12-19(28)9-15/h6-9,12,16-17,20-21H,2-5,10-11,13-14H2,1H3,(H,30,32). The highest BCUT2D eigenvalue weighted by Gasteiger charge is 2.41. The number of hydrogen-bond donors (Lipinski definition) is 1. The summed E-state index contributed by atoms with van der Waals surface area (Å²) >= 11 is 12.4. The van der Waals surface area contributed by atoms with Crippen LogP contribution in [-0.2, 0) is 16.6 Å². The van der Waals surface area contributed by atoms with Crippen molar-refractivity contribution in [1.82, 2.24) is 9.62 Å². The molecule has 5 rings (SSSR count). The lowest BCUT2D eigenvalue weighted by atomic mass is 9.91. The Balaban J connectivity index is 1.25. The van der Waals surface area contributed by atoms with Gasteiger partial charge in [0.15, 0.2) is 0 Å². The lowest BCUT2D eigenvalue weighted by molar-refractivity contribution is 0.0735. The third kappa shape index (κ3) is 5.82. The van der Waals surface area contributed by atoms with Crippen LogP contribution in [0, 0.1) is 11.7 Å². The summed E-state index contributed by atoms with van der Waals surface area (Å²) in [7, 11) is -3.79. The number of fused-ring (bicyclic) bond motifs is 2. The molecule has 1 N–H and O–H groups in total. The average Bonchev–Trinajstić information content (AvgIpc) is 3.57. The van der Waals surface area contributed by atoms with Crippen molar-refractivity contribution in [3.05, 3.63) is 62.9 Å². The van der Waals surface area contributed by atoms with Crippen LogP contribution in [0.1, 0.15) is 65.9 Å². The largest absolute Gasteiger partial charge is 0.493 e. The van der Waals surface area contributed by atoms with Gasteiger partial charge in [-0.1, -0.05) is 23.2 Å². The smallest absolute Gasteiger partial charge is 0.267 e. The van der Waals surface area contributed by atoms with Crippen LogP contribution >= 0.6 is 23.2 Å². The molecular weight excluding hydrogens is 526 g/mol. The first-order valence-corrected chi connectivity index (χ1v) is 14.9. The molecule has 0 spiro atoms. The van der Waals surface area contributed by atoms with E-state index in [9.17, 15) is 13.2 Å². The first kappa shape index (κ1) is 25.8. The van der Waals surface area contributed by atoms with Crippen molar-refractivity contribution in [2.45, 2.75) is 63.1 Å². The zero-order valence-electron chi connectivity index (χ0n) is 20.0. The molecule has 3 aliphatic rings. The molecule has 2 aromatic carbocycles. The number of hydrogen-bond acceptors (Lipinski definition) is 5. The maximum Gasteiger partial charge on any atom is 0.267 e. The number of sulfonamides is 1. The predicted molar refractivity (Wildman–Crippen MR) is 138 cm³/mol. The monoisotopic (exact) mass is 554 g/mol. The Morgan fingerprint density at radius 2 is 1.72 bits per heavy atom. The molecule has 2 aliphatic heterocycles. The molecule has 6 nitrogen and oxygen atoms in total. The van der Waals surface area contributed by atoms with Crippen molar-refractivity contribution < 1.29 is 22.3 Å². The molecule has 0 aromatic heterocycles. The molecule has 1 amide bonds. The van der Waals surface area contributed by atoms with Gasteiger partial charge in [-0.25, -0.2) is 17.5 Å². The topological polar surface area (TPSA) is 75.7 Å². The van der Waals surface area contributed by atoms with Crippen LogP contribution in [-0.4, -0.2) is 44.2 Å². The molecule has 3 fully saturated rings. The van der Waals surface area contributed by atoms with E-state index in [4.69, 9.17) is 27.9 Å². The third-order valence-electron chi connectivity index (χ3n) is 7.39. The van der Waals surface area contributed by atoms with Crippen molar-refractivity contribution in [2.24, 2.45) is 5.92 Å². The molecule has 194 valence electrons. The van der Waals surface area contributed by atoms with Crippen LogP contribution in [0.25, 0.3) is 0 Å². The summed E-state index contributed by atoms with van der Waals surface area (Å²) in [6.45, 7) is 1.30. The maximum atomic E-state index is 15.3. The second-order valence-corrected chi connectivity index (χ2v) is 12.9. The molecule has 2 bridgehead atoms. The van der Waals surface area contributed by atoms with E-state index >= 15 is 4.39 Å². The fourth-order valence-corrected chi connectivity index (χ4v) is 6.77. The van der Waals surface area contributed by atoms with Crippen molar-refractivity contribution in [1.29, 1.82) is 0 Å². The van der Waals surface area contributed by atoms with Crippen LogP contribution in [0.3, 0.4) is 0 Å². The van der Waals surface area contributed by atoms with Gasteiger partial charge in [0.05, 0.1) is 18.4 Å². The lowest BCUT2D eigenvalue weighted by Gasteiger charge is -2.39. The maximum absolute atomic E-state index is 15.3. The Bertz CT molecular complexity index is 1250. The highest BCUT2D eigenvalue weighted by molar-refractivity contribution is 7.89. The van der Waals surface area contributed by atoms with E-state index in [0.717, 1.165) is 56.9 Å². The normalized spacial score (nSPS) is 24.1. The van der Waals surface area contributed by atoms with Gasteiger partial charge in [0.1, 0.15) is 11.6 Å². The van der Waals surface area contributed by atoms with Gasteiger partial charge in [0.2, 0.25) is 10.0 Å². The number of halogens is 3. The van der Waals surface area contributed by atoms with Crippen LogP contribution in [0.4, 0.5) is 4.39 Å². The van der Waals surface area contributed by atoms with Crippen molar-refractivity contribution in [3.63, 3.8) is 0 Å². The van der Waals surface area contributed by atoms with Gasteiger partial charge < -0.3 is 4.74 Å². The van der Waals surface area contributed by atoms with Gasteiger partial charge in [-0.2, -0.15) is 0 Å². The fourth-order valence-electron chi connectivity index (χ4n) is 5.75. The SMILES string of the molecule is CS(=O)(=O)NC(=O)c1ccc(OCC2CC3CCC(C2)N3Cc2cc(Cl)cc(Cl)c2)c(C2CC2)c1F. The highest BCUT2D eigenvalue weighted by atomic mass is 35.5. The summed E-state index contributed by atoms with van der Waals surface area (Å²) in [4.78, 5) is 14.8. The van der Waals surface area contributed by atoms with Crippen molar-refractivity contribution in [2.75, 3.05) is 12.9 Å². The zero-order chi connectivity index (χ0) is 25.6. The van der Waals surface area contributed by atoms with E-state index in [2.05, 4.69) is 4.90 Å². The van der Waals surface area contributed by atoms with Gasteiger partial charge in [0.25, 0.3) is 5.91 Å². The van der Waals surface area contributed by atoms with Gasteiger partial charge in [0, 0.05) is 34.2 Å². The molecular formula is C26H29Cl2FN2O4S. The number of nitrogens with one attached hydrogen (secondary N) is 1. The molecule has 2 unspecified atom stereocenters. The van der Waals surface area contributed by atoms with Gasteiger partial charge in [-0.15, -0.1) is 0 Å². The first-order chi connectivity index (χ1) is 17.1. The summed E-state index contributed by atoms with van der Waals surface area (Å²) in [5.41, 5.74) is 1.22. The molecule has 0 radical (unpaired) electrons. The van der Waals surface area contributed by atoms with Crippen LogP contribution in [0.15, 0.2) is 30.3 Å². The zero-order valence-corrected chi connectivity index (χ0v) is 22.3. The predicted octanol–water partition coefficient (Wildman–Crippen LogP) is 5.52. The van der Waals surface area contributed by atoms with Crippen LogP contribution in [0.2, 0.25) is 10.0 Å². The fraction of sp³-hybridized carbons (Fsp3) is 0.500. The summed E-state index contributed by atoms with van der Waals surface area (Å²) in [6, 6.07) is 9.49. The van der Waals surface area contributed by atoms with Crippen LogP contribution < -0.4 is 9.46 Å². The van der Waals surface area contributed by atoms with E-state index in [1.54, 1.807) is 12.1 Å². The van der Waals surface area contributed by atoms with E-state index in [0.29, 0.717) is 46.0 Å². The summed E-state index contributed by atoms with van der Waals surface area (Å²) < 4.78 is 46.1. The van der Waals surface area contributed by atoms with E-state index in [1.165, 1.54) is 6.07 Å². The summed E-state index contributed by atoms with van der Waals surface area (Å²) in [6.07, 6.45) is 6.79. The average molecular weight is 555 g/mol. The second-order valence-electron chi connectivity index (χ2n) is 10.3.